The largest absolute Gasteiger partial charge is 0.366 e. The van der Waals surface area contributed by atoms with E-state index < -0.39 is 0 Å². The third-order valence-electron chi connectivity index (χ3n) is 5.20. The summed E-state index contributed by atoms with van der Waals surface area (Å²) in [5.74, 6) is 0. The van der Waals surface area contributed by atoms with E-state index in [2.05, 4.69) is 106 Å². The van der Waals surface area contributed by atoms with Crippen molar-refractivity contribution in [2.24, 2.45) is 0 Å². The van der Waals surface area contributed by atoms with Gasteiger partial charge in [-0.25, -0.2) is 0 Å². The Morgan fingerprint density at radius 1 is 0.870 bits per heavy atom. The van der Waals surface area contributed by atoms with E-state index in [1.165, 1.54) is 22.4 Å². The third-order valence-corrected chi connectivity index (χ3v) is 5.20. The van der Waals surface area contributed by atoms with E-state index >= 15 is 0 Å². The Balaban J connectivity index is 2.27. The molecule has 0 spiro atoms. The van der Waals surface area contributed by atoms with E-state index in [1.54, 1.807) is 0 Å². The molecule has 1 heterocycles. The van der Waals surface area contributed by atoms with Gasteiger partial charge in [-0.1, -0.05) is 72.8 Å². The molecule has 1 heteroatoms. The Kier molecular flexibility index (Phi) is 4.12. The fourth-order valence-electron chi connectivity index (χ4n) is 4.23. The van der Waals surface area contributed by atoms with Crippen molar-refractivity contribution < 1.29 is 0 Å². The zero-order valence-electron chi connectivity index (χ0n) is 14.5. The highest BCUT2D eigenvalue weighted by molar-refractivity contribution is 5.54. The van der Waals surface area contributed by atoms with Crippen LogP contribution in [0.25, 0.3) is 0 Å². The van der Waals surface area contributed by atoms with Crippen LogP contribution in [0.2, 0.25) is 0 Å². The van der Waals surface area contributed by atoms with Gasteiger partial charge < -0.3 is 4.90 Å². The van der Waals surface area contributed by atoms with E-state index in [9.17, 15) is 0 Å². The van der Waals surface area contributed by atoms with Gasteiger partial charge in [-0.05, 0) is 37.5 Å². The zero-order valence-corrected chi connectivity index (χ0v) is 14.5. The van der Waals surface area contributed by atoms with E-state index in [0.717, 1.165) is 0 Å². The molecule has 0 N–H and O–H groups in total. The van der Waals surface area contributed by atoms with E-state index in [4.69, 9.17) is 0 Å². The van der Waals surface area contributed by atoms with Gasteiger partial charge >= 0.3 is 0 Å². The van der Waals surface area contributed by atoms with Crippen molar-refractivity contribution in [1.82, 2.24) is 4.90 Å². The van der Waals surface area contributed by atoms with Crippen LogP contribution in [0.1, 0.15) is 37.9 Å². The van der Waals surface area contributed by atoms with Gasteiger partial charge in [0.05, 0.1) is 6.04 Å². The number of hydrogen-bond donors (Lipinski definition) is 0. The zero-order chi connectivity index (χ0) is 16.4. The van der Waals surface area contributed by atoms with Crippen LogP contribution in [-0.2, 0) is 5.41 Å². The Bertz CT molecular complexity index is 727. The number of benzene rings is 2. The Morgan fingerprint density at radius 3 is 1.96 bits per heavy atom. The molecule has 0 aromatic heterocycles. The second-order valence-electron chi connectivity index (χ2n) is 6.37. The monoisotopic (exact) mass is 303 g/mol. The minimum atomic E-state index is -0.0616. The lowest BCUT2D eigenvalue weighted by atomic mass is 9.70. The quantitative estimate of drug-likeness (QED) is 0.710. The average molecular weight is 303 g/mol. The summed E-state index contributed by atoms with van der Waals surface area (Å²) in [5, 5.41) is 0. The molecule has 23 heavy (non-hydrogen) atoms. The summed E-state index contributed by atoms with van der Waals surface area (Å²) in [4.78, 5) is 2.43. The number of nitrogens with zero attached hydrogens (tertiary/aromatic N) is 1. The molecule has 0 amide bonds. The van der Waals surface area contributed by atoms with Crippen LogP contribution < -0.4 is 0 Å². The van der Waals surface area contributed by atoms with Crippen LogP contribution in [0, 0.1) is 0 Å². The molecular formula is C22H25N. The second kappa shape index (κ2) is 6.08. The van der Waals surface area contributed by atoms with Crippen molar-refractivity contribution in [2.75, 3.05) is 7.05 Å². The number of likely N-dealkylation sites (tertiary alicyclic amines) is 1. The van der Waals surface area contributed by atoms with Crippen LogP contribution in [0.5, 0.6) is 0 Å². The fraction of sp³-hybridized carbons (Fsp3) is 0.273. The average Bonchev–Trinajstić information content (AvgIpc) is 2.83. The maximum atomic E-state index is 2.43. The molecule has 0 saturated carbocycles. The minimum absolute atomic E-state index is 0.0616. The van der Waals surface area contributed by atoms with Gasteiger partial charge in [-0.3, -0.25) is 0 Å². The number of rotatable bonds is 2. The van der Waals surface area contributed by atoms with Gasteiger partial charge in [-0.15, -0.1) is 0 Å². The highest BCUT2D eigenvalue weighted by Gasteiger charge is 2.49. The SMILES string of the molecule is CC=C1/C(=C\C)C(C)(c2ccccc2)C(c2ccccc2)N1C. The first-order valence-electron chi connectivity index (χ1n) is 8.31. The number of allylic oxidation sites excluding steroid dienone is 3. The fourth-order valence-corrected chi connectivity index (χ4v) is 4.23. The highest BCUT2D eigenvalue weighted by Crippen LogP contribution is 2.55. The van der Waals surface area contributed by atoms with Crippen molar-refractivity contribution in [3.8, 4) is 0 Å². The standard InChI is InChI=1S/C22H25N/c1-5-19-20(6-2)23(4)21(17-13-9-7-10-14-17)22(19,3)18-15-11-8-12-16-18/h5-16,21H,1-4H3/b19-5+,20-6?. The summed E-state index contributed by atoms with van der Waals surface area (Å²) in [6, 6.07) is 22.0. The van der Waals surface area contributed by atoms with Gasteiger partial charge in [0.15, 0.2) is 0 Å². The first-order valence-corrected chi connectivity index (χ1v) is 8.31. The molecule has 0 aliphatic carbocycles. The molecule has 2 atom stereocenters. The van der Waals surface area contributed by atoms with Crippen molar-refractivity contribution in [3.63, 3.8) is 0 Å². The molecule has 1 aliphatic heterocycles. The molecule has 2 aromatic carbocycles. The first-order chi connectivity index (χ1) is 11.1. The van der Waals surface area contributed by atoms with Gasteiger partial charge in [0, 0.05) is 18.2 Å². The molecule has 0 radical (unpaired) electrons. The van der Waals surface area contributed by atoms with Gasteiger partial charge in [0.25, 0.3) is 0 Å². The summed E-state index contributed by atoms with van der Waals surface area (Å²) in [6.07, 6.45) is 4.52. The van der Waals surface area contributed by atoms with Crippen molar-refractivity contribution in [2.45, 2.75) is 32.2 Å². The lowest BCUT2D eigenvalue weighted by molar-refractivity contribution is 0.285. The maximum Gasteiger partial charge on any atom is 0.0674 e. The smallest absolute Gasteiger partial charge is 0.0674 e. The Labute approximate surface area is 140 Å². The van der Waals surface area contributed by atoms with E-state index in [0.29, 0.717) is 6.04 Å². The molecule has 1 aliphatic rings. The second-order valence-corrected chi connectivity index (χ2v) is 6.37. The summed E-state index contributed by atoms with van der Waals surface area (Å²) in [7, 11) is 2.21. The van der Waals surface area contributed by atoms with Crippen LogP contribution in [0.4, 0.5) is 0 Å². The minimum Gasteiger partial charge on any atom is -0.366 e. The lowest BCUT2D eigenvalue weighted by Gasteiger charge is -2.35. The van der Waals surface area contributed by atoms with Crippen LogP contribution in [-0.4, -0.2) is 11.9 Å². The van der Waals surface area contributed by atoms with E-state index in [-0.39, 0.29) is 5.41 Å². The molecule has 118 valence electrons. The van der Waals surface area contributed by atoms with Crippen molar-refractivity contribution in [3.05, 3.63) is 95.2 Å². The number of likely N-dealkylation sites (N-methyl/N-ethyl adjacent to an activating group) is 1. The normalized spacial score (nSPS) is 27.8. The lowest BCUT2D eigenvalue weighted by Crippen LogP contribution is -2.32. The predicted molar refractivity (Wildman–Crippen MR) is 98.3 cm³/mol. The van der Waals surface area contributed by atoms with E-state index in [1.807, 2.05) is 0 Å². The first kappa shape index (κ1) is 15.6. The summed E-state index contributed by atoms with van der Waals surface area (Å²) < 4.78 is 0. The van der Waals surface area contributed by atoms with Crippen LogP contribution in [0.15, 0.2) is 84.1 Å². The molecule has 3 rings (SSSR count). The Morgan fingerprint density at radius 2 is 1.43 bits per heavy atom. The van der Waals surface area contributed by atoms with Gasteiger partial charge in [0.1, 0.15) is 0 Å². The van der Waals surface area contributed by atoms with Crippen LogP contribution >= 0.6 is 0 Å². The highest BCUT2D eigenvalue weighted by atomic mass is 15.2. The summed E-state index contributed by atoms with van der Waals surface area (Å²) in [5.41, 5.74) is 5.40. The summed E-state index contributed by atoms with van der Waals surface area (Å²) >= 11 is 0. The molecule has 1 saturated heterocycles. The maximum absolute atomic E-state index is 2.43. The van der Waals surface area contributed by atoms with Crippen molar-refractivity contribution >= 4 is 0 Å². The van der Waals surface area contributed by atoms with Crippen molar-refractivity contribution in [1.29, 1.82) is 0 Å². The molecule has 1 fully saturated rings. The molecule has 1 nitrogen and oxygen atoms in total. The third kappa shape index (κ3) is 2.31. The van der Waals surface area contributed by atoms with Gasteiger partial charge in [0.2, 0.25) is 0 Å². The van der Waals surface area contributed by atoms with Crippen LogP contribution in [0.3, 0.4) is 0 Å². The topological polar surface area (TPSA) is 3.24 Å². The molecular weight excluding hydrogens is 278 g/mol. The molecule has 2 unspecified atom stereocenters. The van der Waals surface area contributed by atoms with Gasteiger partial charge in [-0.2, -0.15) is 0 Å². The Hall–Kier alpha value is -2.28. The number of hydrogen-bond acceptors (Lipinski definition) is 1. The predicted octanol–water partition coefficient (Wildman–Crippen LogP) is 5.48. The molecule has 0 bridgehead atoms. The molecule has 2 aromatic rings. The summed E-state index contributed by atoms with van der Waals surface area (Å²) in [6.45, 7) is 6.66.